The zero-order valence-corrected chi connectivity index (χ0v) is 17.8. The molecule has 0 saturated carbocycles. The summed E-state index contributed by atoms with van der Waals surface area (Å²) in [5.74, 6) is 0.0649. The molecule has 0 radical (unpaired) electrons. The summed E-state index contributed by atoms with van der Waals surface area (Å²) in [6, 6.07) is 9.87. The highest BCUT2D eigenvalue weighted by Gasteiger charge is 2.48. The van der Waals surface area contributed by atoms with Gasteiger partial charge in [0.05, 0.1) is 19.3 Å². The van der Waals surface area contributed by atoms with Crippen LogP contribution in [0.2, 0.25) is 0 Å². The number of hydrogen-bond donors (Lipinski definition) is 1. The largest absolute Gasteiger partial charge is 0.444 e. The van der Waals surface area contributed by atoms with E-state index in [2.05, 4.69) is 0 Å². The van der Waals surface area contributed by atoms with Gasteiger partial charge in [0, 0.05) is 13.2 Å². The molecule has 6 nitrogen and oxygen atoms in total. The summed E-state index contributed by atoms with van der Waals surface area (Å²) >= 11 is 0. The molecule has 158 valence electrons. The van der Waals surface area contributed by atoms with E-state index in [0.717, 1.165) is 12.0 Å². The molecule has 0 spiro atoms. The number of amides is 1. The molecule has 0 aromatic heterocycles. The highest BCUT2D eigenvalue weighted by atomic mass is 16.6. The lowest BCUT2D eigenvalue weighted by molar-refractivity contribution is -0.0654. The number of aliphatic hydroxyl groups is 1. The first kappa shape index (κ1) is 22.7. The molecule has 0 aliphatic carbocycles. The minimum Gasteiger partial charge on any atom is -0.444 e. The number of carbonyl (C=O) groups excluding carboxylic acids is 1. The lowest BCUT2D eigenvalue weighted by Crippen LogP contribution is -2.52. The Balaban J connectivity index is 2.00. The summed E-state index contributed by atoms with van der Waals surface area (Å²) in [6.07, 6.45) is 0.933. The quantitative estimate of drug-likeness (QED) is 0.677. The zero-order chi connectivity index (χ0) is 20.8. The van der Waals surface area contributed by atoms with Crippen molar-refractivity contribution in [1.82, 2.24) is 4.90 Å². The van der Waals surface area contributed by atoms with Gasteiger partial charge in [-0.25, -0.2) is 4.79 Å². The fourth-order valence-corrected chi connectivity index (χ4v) is 3.54. The molecule has 1 aliphatic heterocycles. The maximum absolute atomic E-state index is 12.8. The minimum atomic E-state index is -0.744. The van der Waals surface area contributed by atoms with Gasteiger partial charge in [-0.3, -0.25) is 4.90 Å². The second kappa shape index (κ2) is 9.72. The maximum atomic E-state index is 12.8. The van der Waals surface area contributed by atoms with Crippen molar-refractivity contribution in [2.75, 3.05) is 19.8 Å². The molecular formula is C22H35NO5. The first-order valence-corrected chi connectivity index (χ1v) is 10.0. The first-order chi connectivity index (χ1) is 13.1. The van der Waals surface area contributed by atoms with Gasteiger partial charge in [0.2, 0.25) is 0 Å². The normalized spacial score (nSPS) is 20.2. The number of ether oxygens (including phenoxy) is 3. The van der Waals surface area contributed by atoms with Crippen LogP contribution < -0.4 is 0 Å². The fraction of sp³-hybridized carbons (Fsp3) is 0.682. The molecule has 28 heavy (non-hydrogen) atoms. The molecule has 1 amide bonds. The van der Waals surface area contributed by atoms with Gasteiger partial charge in [0.1, 0.15) is 11.3 Å². The van der Waals surface area contributed by atoms with E-state index in [1.165, 1.54) is 0 Å². The van der Waals surface area contributed by atoms with Gasteiger partial charge in [-0.1, -0.05) is 30.3 Å². The Bertz CT molecular complexity index is 611. The van der Waals surface area contributed by atoms with Crippen LogP contribution in [0.4, 0.5) is 4.79 Å². The van der Waals surface area contributed by atoms with Gasteiger partial charge >= 0.3 is 6.09 Å². The van der Waals surface area contributed by atoms with Gasteiger partial charge in [-0.05, 0) is 58.9 Å². The SMILES string of the molecule is CC(C)(C)OC(=O)N1[C@@H]([C@H](CCO)CCOCc2ccccc2)COC1(C)C. The lowest BCUT2D eigenvalue weighted by Gasteiger charge is -2.37. The van der Waals surface area contributed by atoms with Gasteiger partial charge in [0.15, 0.2) is 0 Å². The van der Waals surface area contributed by atoms with Crippen LogP contribution in [0.1, 0.15) is 53.0 Å². The average Bonchev–Trinajstić information content (AvgIpc) is 2.92. The molecule has 1 saturated heterocycles. The van der Waals surface area contributed by atoms with E-state index < -0.39 is 11.3 Å². The smallest absolute Gasteiger partial charge is 0.412 e. The Morgan fingerprint density at radius 3 is 2.57 bits per heavy atom. The van der Waals surface area contributed by atoms with Crippen LogP contribution in [0.25, 0.3) is 0 Å². The van der Waals surface area contributed by atoms with E-state index >= 15 is 0 Å². The number of benzene rings is 1. The molecule has 2 atom stereocenters. The Morgan fingerprint density at radius 2 is 1.96 bits per heavy atom. The Kier molecular flexibility index (Phi) is 7.87. The van der Waals surface area contributed by atoms with Crippen molar-refractivity contribution in [3.8, 4) is 0 Å². The summed E-state index contributed by atoms with van der Waals surface area (Å²) in [5, 5.41) is 9.56. The Morgan fingerprint density at radius 1 is 1.29 bits per heavy atom. The van der Waals surface area contributed by atoms with Gasteiger partial charge in [-0.2, -0.15) is 0 Å². The first-order valence-electron chi connectivity index (χ1n) is 10.0. The van der Waals surface area contributed by atoms with Crippen molar-refractivity contribution in [1.29, 1.82) is 0 Å². The molecule has 1 N–H and O–H groups in total. The maximum Gasteiger partial charge on any atom is 0.412 e. The van der Waals surface area contributed by atoms with Gasteiger partial charge in [0.25, 0.3) is 0 Å². The predicted molar refractivity (Wildman–Crippen MR) is 108 cm³/mol. The fourth-order valence-electron chi connectivity index (χ4n) is 3.54. The minimum absolute atomic E-state index is 0.0580. The van der Waals surface area contributed by atoms with Crippen LogP contribution in [0.3, 0.4) is 0 Å². The number of aliphatic hydroxyl groups excluding tert-OH is 1. The Labute approximate surface area is 168 Å². The van der Waals surface area contributed by atoms with E-state index in [-0.39, 0.29) is 24.7 Å². The van der Waals surface area contributed by atoms with Crippen molar-refractivity contribution in [2.45, 2.75) is 71.4 Å². The third-order valence-corrected chi connectivity index (χ3v) is 4.90. The van der Waals surface area contributed by atoms with Crippen LogP contribution >= 0.6 is 0 Å². The van der Waals surface area contributed by atoms with Crippen LogP contribution in [0, 0.1) is 5.92 Å². The molecule has 0 unspecified atom stereocenters. The number of hydrogen-bond acceptors (Lipinski definition) is 5. The summed E-state index contributed by atoms with van der Waals surface area (Å²) in [7, 11) is 0. The summed E-state index contributed by atoms with van der Waals surface area (Å²) in [5.41, 5.74) is -0.195. The molecule has 0 bridgehead atoms. The lowest BCUT2D eigenvalue weighted by atomic mass is 9.92. The van der Waals surface area contributed by atoms with Crippen LogP contribution in [-0.4, -0.2) is 53.3 Å². The molecule has 1 aromatic carbocycles. The van der Waals surface area contributed by atoms with Gasteiger partial charge in [-0.15, -0.1) is 0 Å². The van der Waals surface area contributed by atoms with Crippen LogP contribution in [0.5, 0.6) is 0 Å². The predicted octanol–water partition coefficient (Wildman–Crippen LogP) is 3.96. The standard InChI is InChI=1S/C22H35NO5/c1-21(2,3)28-20(25)23-19(16-27-22(23,4)5)18(11-13-24)12-14-26-15-17-9-7-6-8-10-17/h6-10,18-19,24H,11-16H2,1-5H3/t18-,19-/m1/s1. The number of nitrogens with zero attached hydrogens (tertiary/aromatic N) is 1. The van der Waals surface area contributed by atoms with Crippen LogP contribution in [0.15, 0.2) is 30.3 Å². The number of carbonyl (C=O) groups is 1. The monoisotopic (exact) mass is 393 g/mol. The topological polar surface area (TPSA) is 68.2 Å². The van der Waals surface area contributed by atoms with E-state index in [1.807, 2.05) is 65.0 Å². The summed E-state index contributed by atoms with van der Waals surface area (Å²) in [4.78, 5) is 14.5. The van der Waals surface area contributed by atoms with Crippen molar-refractivity contribution in [2.24, 2.45) is 5.92 Å². The Hall–Kier alpha value is -1.63. The number of rotatable bonds is 8. The van der Waals surface area contributed by atoms with E-state index in [9.17, 15) is 9.90 Å². The second-order valence-corrected chi connectivity index (χ2v) is 8.77. The highest BCUT2D eigenvalue weighted by Crippen LogP contribution is 2.35. The molecule has 1 heterocycles. The van der Waals surface area contributed by atoms with Crippen molar-refractivity contribution >= 4 is 6.09 Å². The molecule has 6 heteroatoms. The molecule has 1 fully saturated rings. The third-order valence-electron chi connectivity index (χ3n) is 4.90. The van der Waals surface area contributed by atoms with Gasteiger partial charge < -0.3 is 19.3 Å². The molecule has 1 aliphatic rings. The van der Waals surface area contributed by atoms with E-state index in [4.69, 9.17) is 14.2 Å². The van der Waals surface area contributed by atoms with Crippen molar-refractivity contribution in [3.05, 3.63) is 35.9 Å². The summed E-state index contributed by atoms with van der Waals surface area (Å²) in [6.45, 7) is 10.9. The van der Waals surface area contributed by atoms with Crippen molar-refractivity contribution < 1.29 is 24.1 Å². The van der Waals surface area contributed by atoms with Crippen LogP contribution in [-0.2, 0) is 20.8 Å². The van der Waals surface area contributed by atoms with E-state index in [0.29, 0.717) is 26.2 Å². The third kappa shape index (κ3) is 6.47. The summed E-state index contributed by atoms with van der Waals surface area (Å²) < 4.78 is 17.3. The molecule has 1 aromatic rings. The average molecular weight is 394 g/mol. The molecule has 2 rings (SSSR count). The zero-order valence-electron chi connectivity index (χ0n) is 17.8. The molecular weight excluding hydrogens is 358 g/mol. The highest BCUT2D eigenvalue weighted by molar-refractivity contribution is 5.69. The van der Waals surface area contributed by atoms with E-state index in [1.54, 1.807) is 4.90 Å². The van der Waals surface area contributed by atoms with Crippen molar-refractivity contribution in [3.63, 3.8) is 0 Å². The second-order valence-electron chi connectivity index (χ2n) is 8.77.